The molecule has 0 spiro atoms. The van der Waals surface area contributed by atoms with Crippen LogP contribution in [0, 0.1) is 11.3 Å². The van der Waals surface area contributed by atoms with Gasteiger partial charge in [0.1, 0.15) is 0 Å². The standard InChI is InChI=1S/C14H30N2O2/c1-12(2)14(3,4)11-15-9-13(17)10-16-5-7-18-8-6-16/h12-13,15,17H,5-11H2,1-4H3. The summed E-state index contributed by atoms with van der Waals surface area (Å²) in [4.78, 5) is 2.27. The highest BCUT2D eigenvalue weighted by Gasteiger charge is 2.22. The van der Waals surface area contributed by atoms with Crippen molar-refractivity contribution >= 4 is 0 Å². The average Bonchev–Trinajstić information content (AvgIpc) is 2.29. The molecule has 1 aliphatic heterocycles. The molecular formula is C14H30N2O2. The van der Waals surface area contributed by atoms with E-state index >= 15 is 0 Å². The van der Waals surface area contributed by atoms with Gasteiger partial charge >= 0.3 is 0 Å². The minimum Gasteiger partial charge on any atom is -0.390 e. The van der Waals surface area contributed by atoms with E-state index in [4.69, 9.17) is 4.74 Å². The normalized spacial score (nSPS) is 20.3. The summed E-state index contributed by atoms with van der Waals surface area (Å²) in [5, 5.41) is 13.4. The van der Waals surface area contributed by atoms with Crippen molar-refractivity contribution in [3.8, 4) is 0 Å². The van der Waals surface area contributed by atoms with E-state index in [1.54, 1.807) is 0 Å². The summed E-state index contributed by atoms with van der Waals surface area (Å²) in [6.07, 6.45) is -0.286. The van der Waals surface area contributed by atoms with Crippen molar-refractivity contribution in [1.82, 2.24) is 10.2 Å². The highest BCUT2D eigenvalue weighted by atomic mass is 16.5. The number of rotatable bonds is 7. The smallest absolute Gasteiger partial charge is 0.0791 e. The van der Waals surface area contributed by atoms with E-state index in [-0.39, 0.29) is 11.5 Å². The van der Waals surface area contributed by atoms with Crippen molar-refractivity contribution in [3.05, 3.63) is 0 Å². The molecule has 1 saturated heterocycles. The second kappa shape index (κ2) is 7.43. The Morgan fingerprint density at radius 2 is 1.89 bits per heavy atom. The Kier molecular flexibility index (Phi) is 6.57. The van der Waals surface area contributed by atoms with Crippen LogP contribution >= 0.6 is 0 Å². The summed E-state index contributed by atoms with van der Waals surface area (Å²) in [5.74, 6) is 0.640. The first kappa shape index (κ1) is 15.9. The number of aliphatic hydroxyl groups excluding tert-OH is 1. The van der Waals surface area contributed by atoms with E-state index in [2.05, 4.69) is 37.9 Å². The second-order valence-electron chi connectivity index (χ2n) is 6.34. The third-order valence-corrected chi connectivity index (χ3v) is 4.10. The molecule has 108 valence electrons. The van der Waals surface area contributed by atoms with Crippen LogP contribution in [0.1, 0.15) is 27.7 Å². The lowest BCUT2D eigenvalue weighted by molar-refractivity contribution is 0.0144. The molecule has 18 heavy (non-hydrogen) atoms. The van der Waals surface area contributed by atoms with E-state index in [1.807, 2.05) is 0 Å². The molecule has 0 aromatic rings. The molecule has 0 radical (unpaired) electrons. The van der Waals surface area contributed by atoms with Gasteiger partial charge in [-0.3, -0.25) is 4.90 Å². The van der Waals surface area contributed by atoms with Gasteiger partial charge in [-0.05, 0) is 11.3 Å². The highest BCUT2D eigenvalue weighted by molar-refractivity contribution is 4.76. The van der Waals surface area contributed by atoms with Gasteiger partial charge in [0.25, 0.3) is 0 Å². The number of ether oxygens (including phenoxy) is 1. The number of nitrogens with zero attached hydrogens (tertiary/aromatic N) is 1. The van der Waals surface area contributed by atoms with Gasteiger partial charge in [-0.25, -0.2) is 0 Å². The maximum Gasteiger partial charge on any atom is 0.0791 e. The summed E-state index contributed by atoms with van der Waals surface area (Å²) < 4.78 is 5.29. The molecular weight excluding hydrogens is 228 g/mol. The first-order valence-corrected chi connectivity index (χ1v) is 7.10. The van der Waals surface area contributed by atoms with Crippen molar-refractivity contribution in [2.75, 3.05) is 45.9 Å². The molecule has 4 heteroatoms. The lowest BCUT2D eigenvalue weighted by atomic mass is 9.81. The number of aliphatic hydroxyl groups is 1. The topological polar surface area (TPSA) is 44.7 Å². The summed E-state index contributed by atoms with van der Waals surface area (Å²) >= 11 is 0. The predicted octanol–water partition coefficient (Wildman–Crippen LogP) is 0.951. The first-order valence-electron chi connectivity index (χ1n) is 7.10. The third-order valence-electron chi connectivity index (χ3n) is 4.10. The molecule has 0 bridgehead atoms. The van der Waals surface area contributed by atoms with Crippen LogP contribution in [-0.2, 0) is 4.74 Å². The lowest BCUT2D eigenvalue weighted by Gasteiger charge is -2.31. The summed E-state index contributed by atoms with van der Waals surface area (Å²) in [6, 6.07) is 0. The molecule has 1 unspecified atom stereocenters. The molecule has 1 fully saturated rings. The van der Waals surface area contributed by atoms with Gasteiger partial charge in [-0.2, -0.15) is 0 Å². The summed E-state index contributed by atoms with van der Waals surface area (Å²) in [7, 11) is 0. The monoisotopic (exact) mass is 258 g/mol. The van der Waals surface area contributed by atoms with Gasteiger partial charge in [0.2, 0.25) is 0 Å². The zero-order valence-electron chi connectivity index (χ0n) is 12.4. The minimum absolute atomic E-state index is 0.276. The van der Waals surface area contributed by atoms with Gasteiger partial charge in [0, 0.05) is 32.7 Å². The fraction of sp³-hybridized carbons (Fsp3) is 1.00. The van der Waals surface area contributed by atoms with Crippen LogP contribution in [0.3, 0.4) is 0 Å². The Balaban J connectivity index is 2.14. The Labute approximate surface area is 112 Å². The van der Waals surface area contributed by atoms with Crippen molar-refractivity contribution in [3.63, 3.8) is 0 Å². The number of hydrogen-bond acceptors (Lipinski definition) is 4. The Bertz CT molecular complexity index is 226. The number of nitrogens with one attached hydrogen (secondary N) is 1. The van der Waals surface area contributed by atoms with Crippen molar-refractivity contribution in [2.45, 2.75) is 33.8 Å². The molecule has 0 saturated carbocycles. The molecule has 1 rings (SSSR count). The molecule has 0 aromatic heterocycles. The van der Waals surface area contributed by atoms with E-state index in [9.17, 15) is 5.11 Å². The van der Waals surface area contributed by atoms with Gasteiger partial charge in [-0.15, -0.1) is 0 Å². The number of morpholine rings is 1. The molecule has 1 aliphatic rings. The zero-order chi connectivity index (χ0) is 13.6. The van der Waals surface area contributed by atoms with E-state index < -0.39 is 0 Å². The first-order chi connectivity index (χ1) is 8.42. The lowest BCUT2D eigenvalue weighted by Crippen LogP contribution is -2.45. The third kappa shape index (κ3) is 5.65. The predicted molar refractivity (Wildman–Crippen MR) is 74.8 cm³/mol. The minimum atomic E-state index is -0.286. The summed E-state index contributed by atoms with van der Waals surface area (Å²) in [5.41, 5.74) is 0.276. The van der Waals surface area contributed by atoms with E-state index in [0.29, 0.717) is 12.5 Å². The van der Waals surface area contributed by atoms with Gasteiger partial charge in [0.05, 0.1) is 19.3 Å². The van der Waals surface area contributed by atoms with Crippen LogP contribution in [0.25, 0.3) is 0 Å². The molecule has 0 aliphatic carbocycles. The van der Waals surface area contributed by atoms with Gasteiger partial charge < -0.3 is 15.2 Å². The molecule has 0 aromatic carbocycles. The zero-order valence-corrected chi connectivity index (χ0v) is 12.4. The molecule has 0 amide bonds. The Morgan fingerprint density at radius 3 is 2.44 bits per heavy atom. The van der Waals surface area contributed by atoms with Crippen molar-refractivity contribution < 1.29 is 9.84 Å². The van der Waals surface area contributed by atoms with Crippen LogP contribution in [0.15, 0.2) is 0 Å². The Morgan fingerprint density at radius 1 is 1.28 bits per heavy atom. The summed E-state index contributed by atoms with van der Waals surface area (Å²) in [6.45, 7) is 14.8. The molecule has 2 N–H and O–H groups in total. The number of hydrogen-bond donors (Lipinski definition) is 2. The Hall–Kier alpha value is -0.160. The van der Waals surface area contributed by atoms with E-state index in [1.165, 1.54) is 0 Å². The highest BCUT2D eigenvalue weighted by Crippen LogP contribution is 2.24. The van der Waals surface area contributed by atoms with Gasteiger partial charge in [-0.1, -0.05) is 27.7 Å². The number of β-amino-alcohol motifs (C(OH)–C–C–N with tert-alkyl or cyclic N) is 1. The van der Waals surface area contributed by atoms with Crippen LogP contribution in [0.4, 0.5) is 0 Å². The average molecular weight is 258 g/mol. The molecule has 4 nitrogen and oxygen atoms in total. The van der Waals surface area contributed by atoms with Crippen LogP contribution < -0.4 is 5.32 Å². The largest absolute Gasteiger partial charge is 0.390 e. The fourth-order valence-electron chi connectivity index (χ4n) is 1.91. The van der Waals surface area contributed by atoms with Crippen LogP contribution in [0.5, 0.6) is 0 Å². The fourth-order valence-corrected chi connectivity index (χ4v) is 1.91. The molecule has 1 heterocycles. The van der Waals surface area contributed by atoms with Crippen LogP contribution in [0.2, 0.25) is 0 Å². The maximum atomic E-state index is 9.99. The van der Waals surface area contributed by atoms with E-state index in [0.717, 1.165) is 39.4 Å². The quantitative estimate of drug-likeness (QED) is 0.714. The molecule has 1 atom stereocenters. The second-order valence-corrected chi connectivity index (χ2v) is 6.34. The SMILES string of the molecule is CC(C)C(C)(C)CNCC(O)CN1CCOCC1. The van der Waals surface area contributed by atoms with Gasteiger partial charge in [0.15, 0.2) is 0 Å². The maximum absolute atomic E-state index is 9.99. The van der Waals surface area contributed by atoms with Crippen molar-refractivity contribution in [1.29, 1.82) is 0 Å². The van der Waals surface area contributed by atoms with Crippen molar-refractivity contribution in [2.24, 2.45) is 11.3 Å². The van der Waals surface area contributed by atoms with Crippen LogP contribution in [-0.4, -0.2) is 62.0 Å².